The fourth-order valence-corrected chi connectivity index (χ4v) is 2.48. The predicted octanol–water partition coefficient (Wildman–Crippen LogP) is 2.02. The maximum Gasteiger partial charge on any atom is 0.320 e. The van der Waals surface area contributed by atoms with E-state index in [0.717, 1.165) is 12.1 Å². The average molecular weight is 286 g/mol. The molecular formula is C13H16ClNO4. The van der Waals surface area contributed by atoms with E-state index in [1.807, 2.05) is 4.90 Å². The largest absolute Gasteiger partial charge is 0.493 e. The zero-order valence-corrected chi connectivity index (χ0v) is 11.6. The Bertz CT molecular complexity index is 492. The zero-order chi connectivity index (χ0) is 14.0. The summed E-state index contributed by atoms with van der Waals surface area (Å²) < 4.78 is 10.6. The summed E-state index contributed by atoms with van der Waals surface area (Å²) in [5, 5.41) is 9.58. The number of hydrogen-bond donors (Lipinski definition) is 1. The molecule has 19 heavy (non-hydrogen) atoms. The molecule has 6 heteroatoms. The summed E-state index contributed by atoms with van der Waals surface area (Å²) in [6.07, 6.45) is 0.676. The second-order valence-electron chi connectivity index (χ2n) is 4.41. The minimum Gasteiger partial charge on any atom is -0.493 e. The van der Waals surface area contributed by atoms with E-state index in [2.05, 4.69) is 0 Å². The number of rotatable bonds is 5. The first-order chi connectivity index (χ1) is 9.06. The van der Waals surface area contributed by atoms with Crippen LogP contribution in [0.15, 0.2) is 12.1 Å². The van der Waals surface area contributed by atoms with Gasteiger partial charge in [0.25, 0.3) is 0 Å². The number of benzene rings is 1. The van der Waals surface area contributed by atoms with E-state index < -0.39 is 12.0 Å². The van der Waals surface area contributed by atoms with Gasteiger partial charge in [-0.1, -0.05) is 11.6 Å². The first-order valence-electron chi connectivity index (χ1n) is 5.94. The quantitative estimate of drug-likeness (QED) is 0.897. The van der Waals surface area contributed by atoms with Gasteiger partial charge in [0.1, 0.15) is 6.04 Å². The van der Waals surface area contributed by atoms with Gasteiger partial charge in [0.15, 0.2) is 11.5 Å². The molecule has 0 bridgehead atoms. The van der Waals surface area contributed by atoms with Crippen LogP contribution in [0.3, 0.4) is 0 Å². The molecule has 104 valence electrons. The molecule has 1 saturated heterocycles. The fourth-order valence-electron chi connectivity index (χ4n) is 2.25. The molecule has 5 nitrogen and oxygen atoms in total. The number of halogens is 1. The van der Waals surface area contributed by atoms with Gasteiger partial charge in [-0.25, -0.2) is 0 Å². The Morgan fingerprint density at radius 1 is 1.47 bits per heavy atom. The topological polar surface area (TPSA) is 59.0 Å². The maximum absolute atomic E-state index is 11.0. The van der Waals surface area contributed by atoms with Gasteiger partial charge < -0.3 is 14.6 Å². The Morgan fingerprint density at radius 3 is 2.68 bits per heavy atom. The minimum atomic E-state index is -0.792. The molecule has 0 saturated carbocycles. The molecule has 1 aromatic rings. The van der Waals surface area contributed by atoms with E-state index in [1.54, 1.807) is 26.4 Å². The molecule has 1 unspecified atom stereocenters. The van der Waals surface area contributed by atoms with Gasteiger partial charge >= 0.3 is 5.97 Å². The van der Waals surface area contributed by atoms with Crippen LogP contribution in [0.1, 0.15) is 12.0 Å². The number of carboxylic acids is 1. The van der Waals surface area contributed by atoms with Gasteiger partial charge in [0.2, 0.25) is 0 Å². The van der Waals surface area contributed by atoms with Gasteiger partial charge in [-0.15, -0.1) is 0 Å². The van der Waals surface area contributed by atoms with Crippen molar-refractivity contribution in [3.63, 3.8) is 0 Å². The van der Waals surface area contributed by atoms with Crippen molar-refractivity contribution in [3.05, 3.63) is 22.7 Å². The molecule has 0 radical (unpaired) electrons. The summed E-state index contributed by atoms with van der Waals surface area (Å²) in [5.41, 5.74) is 0.831. The highest BCUT2D eigenvalue weighted by Gasteiger charge is 2.34. The van der Waals surface area contributed by atoms with Gasteiger partial charge in [0, 0.05) is 29.7 Å². The molecule has 1 N–H and O–H groups in total. The first kappa shape index (κ1) is 14.0. The maximum atomic E-state index is 11.0. The molecule has 0 amide bonds. The molecule has 1 aromatic carbocycles. The summed E-state index contributed by atoms with van der Waals surface area (Å²) >= 11 is 6.03. The van der Waals surface area contributed by atoms with E-state index in [1.165, 1.54) is 0 Å². The smallest absolute Gasteiger partial charge is 0.320 e. The monoisotopic (exact) mass is 285 g/mol. The van der Waals surface area contributed by atoms with E-state index in [9.17, 15) is 4.79 Å². The highest BCUT2D eigenvalue weighted by Crippen LogP contribution is 2.36. The van der Waals surface area contributed by atoms with E-state index in [-0.39, 0.29) is 0 Å². The Labute approximate surface area is 116 Å². The Balaban J connectivity index is 2.24. The van der Waals surface area contributed by atoms with Crippen molar-refractivity contribution in [2.75, 3.05) is 20.8 Å². The third kappa shape index (κ3) is 2.77. The number of nitrogens with zero attached hydrogens (tertiary/aromatic N) is 1. The predicted molar refractivity (Wildman–Crippen MR) is 71.0 cm³/mol. The molecule has 2 rings (SSSR count). The van der Waals surface area contributed by atoms with Crippen molar-refractivity contribution in [3.8, 4) is 11.5 Å². The zero-order valence-electron chi connectivity index (χ0n) is 10.9. The molecule has 1 fully saturated rings. The standard InChI is InChI=1S/C13H16ClNO4/c1-18-11-6-9(14)5-8(12(11)19-2)7-15-4-3-10(15)13(16)17/h5-6,10H,3-4,7H2,1-2H3,(H,16,17). The van der Waals surface area contributed by atoms with Crippen molar-refractivity contribution in [2.45, 2.75) is 19.0 Å². The second kappa shape index (κ2) is 5.67. The van der Waals surface area contributed by atoms with Crippen molar-refractivity contribution in [1.29, 1.82) is 0 Å². The molecule has 0 spiro atoms. The van der Waals surface area contributed by atoms with Crippen LogP contribution in [0, 0.1) is 0 Å². The highest BCUT2D eigenvalue weighted by molar-refractivity contribution is 6.30. The summed E-state index contributed by atoms with van der Waals surface area (Å²) in [6, 6.07) is 3.03. The second-order valence-corrected chi connectivity index (χ2v) is 4.85. The number of methoxy groups -OCH3 is 2. The van der Waals surface area contributed by atoms with Crippen LogP contribution in [-0.4, -0.2) is 42.8 Å². The minimum absolute atomic E-state index is 0.422. The van der Waals surface area contributed by atoms with E-state index in [0.29, 0.717) is 29.5 Å². The average Bonchev–Trinajstić information content (AvgIpc) is 2.32. The SMILES string of the molecule is COc1cc(Cl)cc(CN2CCC2C(=O)O)c1OC. The van der Waals surface area contributed by atoms with Gasteiger partial charge in [0.05, 0.1) is 14.2 Å². The van der Waals surface area contributed by atoms with E-state index >= 15 is 0 Å². The first-order valence-corrected chi connectivity index (χ1v) is 6.32. The summed E-state index contributed by atoms with van der Waals surface area (Å²) in [4.78, 5) is 12.9. The Hall–Kier alpha value is -1.46. The number of hydrogen-bond acceptors (Lipinski definition) is 4. The number of aliphatic carboxylic acids is 1. The molecule has 1 aliphatic rings. The highest BCUT2D eigenvalue weighted by atomic mass is 35.5. The number of carbonyl (C=O) groups is 1. The van der Waals surface area contributed by atoms with Crippen LogP contribution in [-0.2, 0) is 11.3 Å². The lowest BCUT2D eigenvalue weighted by atomic mass is 10.0. The fraction of sp³-hybridized carbons (Fsp3) is 0.462. The van der Waals surface area contributed by atoms with Crippen molar-refractivity contribution >= 4 is 17.6 Å². The lowest BCUT2D eigenvalue weighted by Crippen LogP contribution is -2.51. The molecule has 0 aliphatic carbocycles. The summed E-state index contributed by atoms with van der Waals surface area (Å²) in [7, 11) is 3.10. The van der Waals surface area contributed by atoms with Crippen molar-refractivity contribution in [2.24, 2.45) is 0 Å². The van der Waals surface area contributed by atoms with Crippen LogP contribution in [0.25, 0.3) is 0 Å². The van der Waals surface area contributed by atoms with Gasteiger partial charge in [-0.05, 0) is 12.5 Å². The lowest BCUT2D eigenvalue weighted by molar-refractivity contribution is -0.148. The summed E-state index contributed by atoms with van der Waals surface area (Å²) in [6.45, 7) is 1.24. The molecule has 0 aromatic heterocycles. The number of ether oxygens (including phenoxy) is 2. The lowest BCUT2D eigenvalue weighted by Gasteiger charge is -2.38. The molecular weight excluding hydrogens is 270 g/mol. The van der Waals surface area contributed by atoms with Crippen molar-refractivity contribution in [1.82, 2.24) is 4.90 Å². The third-order valence-electron chi connectivity index (χ3n) is 3.31. The Morgan fingerprint density at radius 2 is 2.21 bits per heavy atom. The van der Waals surface area contributed by atoms with Crippen LogP contribution < -0.4 is 9.47 Å². The van der Waals surface area contributed by atoms with Gasteiger partial charge in [-0.2, -0.15) is 0 Å². The Kier molecular flexibility index (Phi) is 4.17. The van der Waals surface area contributed by atoms with Crippen LogP contribution >= 0.6 is 11.6 Å². The third-order valence-corrected chi connectivity index (χ3v) is 3.53. The molecule has 1 heterocycles. The van der Waals surface area contributed by atoms with Crippen LogP contribution in [0.2, 0.25) is 5.02 Å². The summed E-state index contributed by atoms with van der Waals surface area (Å²) in [5.74, 6) is 0.361. The van der Waals surface area contributed by atoms with E-state index in [4.69, 9.17) is 26.2 Å². The number of carboxylic acid groups (broad SMARTS) is 1. The molecule has 1 aliphatic heterocycles. The van der Waals surface area contributed by atoms with Crippen LogP contribution in [0.5, 0.6) is 11.5 Å². The van der Waals surface area contributed by atoms with Crippen LogP contribution in [0.4, 0.5) is 0 Å². The molecule has 1 atom stereocenters. The number of likely N-dealkylation sites (tertiary alicyclic amines) is 1. The van der Waals surface area contributed by atoms with Crippen molar-refractivity contribution < 1.29 is 19.4 Å². The van der Waals surface area contributed by atoms with Gasteiger partial charge in [-0.3, -0.25) is 9.69 Å². The normalized spacial score (nSPS) is 18.8.